The van der Waals surface area contributed by atoms with E-state index in [2.05, 4.69) is 9.97 Å². The second kappa shape index (κ2) is 2.24. The summed E-state index contributed by atoms with van der Waals surface area (Å²) in [5.74, 6) is 0. The van der Waals surface area contributed by atoms with Crippen molar-refractivity contribution in [1.82, 2.24) is 9.97 Å². The fourth-order valence-corrected chi connectivity index (χ4v) is 1.28. The van der Waals surface area contributed by atoms with Crippen molar-refractivity contribution in [3.05, 3.63) is 29.0 Å². The largest absolute Gasteiger partial charge is 0.358 e. The second-order valence-electron chi connectivity index (χ2n) is 2.55. The molecule has 0 fully saturated rings. The molecule has 0 atom stereocenters. The Balaban J connectivity index is 2.86. The summed E-state index contributed by atoms with van der Waals surface area (Å²) in [6.07, 6.45) is 3.56. The maximum Gasteiger partial charge on any atom is 0.106 e. The second-order valence-corrected chi connectivity index (χ2v) is 2.95. The van der Waals surface area contributed by atoms with Gasteiger partial charge in [-0.25, -0.2) is 0 Å². The van der Waals surface area contributed by atoms with Crippen LogP contribution >= 0.6 is 11.6 Å². The highest BCUT2D eigenvalue weighted by molar-refractivity contribution is 6.35. The van der Waals surface area contributed by atoms with Gasteiger partial charge in [0.05, 0.1) is 10.5 Å². The molecule has 0 aromatic carbocycles. The highest BCUT2D eigenvalue weighted by Crippen LogP contribution is 2.20. The molecule has 56 valence electrons. The maximum atomic E-state index is 5.83. The zero-order valence-electron chi connectivity index (χ0n) is 6.06. The third kappa shape index (κ3) is 0.994. The van der Waals surface area contributed by atoms with Gasteiger partial charge in [-0.15, -0.1) is 0 Å². The molecule has 0 saturated heterocycles. The van der Waals surface area contributed by atoms with Gasteiger partial charge in [-0.2, -0.15) is 0 Å². The number of aryl methyl sites for hydroxylation is 1. The van der Waals surface area contributed by atoms with E-state index >= 15 is 0 Å². The molecule has 11 heavy (non-hydrogen) atoms. The normalized spacial score (nSPS) is 10.7. The molecule has 0 saturated carbocycles. The maximum absolute atomic E-state index is 5.83. The smallest absolute Gasteiger partial charge is 0.106 e. The lowest BCUT2D eigenvalue weighted by atomic mass is 10.3. The molecular formula is C8H7ClN2. The Morgan fingerprint density at radius 2 is 2.36 bits per heavy atom. The van der Waals surface area contributed by atoms with Crippen molar-refractivity contribution in [2.45, 2.75) is 6.92 Å². The Labute approximate surface area is 69.2 Å². The van der Waals surface area contributed by atoms with Crippen molar-refractivity contribution in [2.24, 2.45) is 0 Å². The SMILES string of the molecule is Cc1cnc2c(Cl)c[nH]c2c1. The molecule has 2 nitrogen and oxygen atoms in total. The first-order valence-electron chi connectivity index (χ1n) is 3.36. The van der Waals surface area contributed by atoms with Gasteiger partial charge in [-0.1, -0.05) is 11.6 Å². The van der Waals surface area contributed by atoms with Crippen LogP contribution in [0.2, 0.25) is 5.02 Å². The summed E-state index contributed by atoms with van der Waals surface area (Å²) >= 11 is 5.83. The lowest BCUT2D eigenvalue weighted by Crippen LogP contribution is -1.76. The third-order valence-electron chi connectivity index (χ3n) is 1.61. The molecular weight excluding hydrogens is 160 g/mol. The van der Waals surface area contributed by atoms with Gasteiger partial charge in [0, 0.05) is 12.4 Å². The number of hydrogen-bond donors (Lipinski definition) is 1. The molecule has 0 aliphatic rings. The summed E-state index contributed by atoms with van der Waals surface area (Å²) in [4.78, 5) is 7.21. The molecule has 0 amide bonds. The molecule has 0 radical (unpaired) electrons. The molecule has 0 aliphatic heterocycles. The average Bonchev–Trinajstić information content (AvgIpc) is 2.32. The van der Waals surface area contributed by atoms with Crippen molar-refractivity contribution in [2.75, 3.05) is 0 Å². The predicted octanol–water partition coefficient (Wildman–Crippen LogP) is 2.52. The van der Waals surface area contributed by atoms with Gasteiger partial charge < -0.3 is 4.98 Å². The first-order valence-corrected chi connectivity index (χ1v) is 3.74. The number of pyridine rings is 1. The van der Waals surface area contributed by atoms with Crippen LogP contribution in [0, 0.1) is 6.92 Å². The standard InChI is InChI=1S/C8H7ClN2/c1-5-2-7-8(11-3-5)6(9)4-10-7/h2-4,10H,1H3. The van der Waals surface area contributed by atoms with E-state index in [0.717, 1.165) is 16.6 Å². The summed E-state index contributed by atoms with van der Waals surface area (Å²) < 4.78 is 0. The fraction of sp³-hybridized carbons (Fsp3) is 0.125. The Hall–Kier alpha value is -1.02. The van der Waals surface area contributed by atoms with Crippen molar-refractivity contribution >= 4 is 22.6 Å². The Morgan fingerprint density at radius 1 is 1.55 bits per heavy atom. The minimum absolute atomic E-state index is 0.681. The van der Waals surface area contributed by atoms with Crippen LogP contribution in [0.5, 0.6) is 0 Å². The van der Waals surface area contributed by atoms with Crippen molar-refractivity contribution in [3.8, 4) is 0 Å². The fourth-order valence-electron chi connectivity index (χ4n) is 1.08. The number of nitrogens with one attached hydrogen (secondary N) is 1. The average molecular weight is 167 g/mol. The topological polar surface area (TPSA) is 28.7 Å². The van der Waals surface area contributed by atoms with Crippen molar-refractivity contribution in [1.29, 1.82) is 0 Å². The number of hydrogen-bond acceptors (Lipinski definition) is 1. The third-order valence-corrected chi connectivity index (χ3v) is 1.89. The molecule has 2 aromatic rings. The number of nitrogens with zero attached hydrogens (tertiary/aromatic N) is 1. The molecule has 0 aliphatic carbocycles. The van der Waals surface area contributed by atoms with Gasteiger partial charge >= 0.3 is 0 Å². The zero-order chi connectivity index (χ0) is 7.84. The number of aromatic nitrogens is 2. The predicted molar refractivity (Wildman–Crippen MR) is 45.8 cm³/mol. The highest BCUT2D eigenvalue weighted by Gasteiger charge is 2.00. The molecule has 2 rings (SSSR count). The van der Waals surface area contributed by atoms with Gasteiger partial charge in [-0.3, -0.25) is 4.98 Å². The summed E-state index contributed by atoms with van der Waals surface area (Å²) in [6.45, 7) is 2.00. The molecule has 2 aromatic heterocycles. The molecule has 3 heteroatoms. The minimum Gasteiger partial charge on any atom is -0.358 e. The van der Waals surface area contributed by atoms with Crippen LogP contribution in [0.3, 0.4) is 0 Å². The van der Waals surface area contributed by atoms with E-state index in [-0.39, 0.29) is 0 Å². The van der Waals surface area contributed by atoms with Crippen molar-refractivity contribution in [3.63, 3.8) is 0 Å². The van der Waals surface area contributed by atoms with Crippen LogP contribution in [0.1, 0.15) is 5.56 Å². The van der Waals surface area contributed by atoms with Gasteiger partial charge in [-0.05, 0) is 18.6 Å². The zero-order valence-corrected chi connectivity index (χ0v) is 6.81. The summed E-state index contributed by atoms with van der Waals surface area (Å²) in [7, 11) is 0. The molecule has 0 bridgehead atoms. The number of rotatable bonds is 0. The van der Waals surface area contributed by atoms with Crippen LogP contribution in [0.25, 0.3) is 11.0 Å². The van der Waals surface area contributed by atoms with Gasteiger partial charge in [0.25, 0.3) is 0 Å². The van der Waals surface area contributed by atoms with Crippen LogP contribution in [-0.2, 0) is 0 Å². The van der Waals surface area contributed by atoms with Gasteiger partial charge in [0.2, 0.25) is 0 Å². The van der Waals surface area contributed by atoms with E-state index in [9.17, 15) is 0 Å². The van der Waals surface area contributed by atoms with Crippen molar-refractivity contribution < 1.29 is 0 Å². The Morgan fingerprint density at radius 3 is 3.18 bits per heavy atom. The molecule has 1 N–H and O–H groups in total. The van der Waals surface area contributed by atoms with Crippen LogP contribution in [-0.4, -0.2) is 9.97 Å². The van der Waals surface area contributed by atoms with E-state index in [1.165, 1.54) is 0 Å². The lowest BCUT2D eigenvalue weighted by Gasteiger charge is -1.90. The number of aromatic amines is 1. The molecule has 2 heterocycles. The Kier molecular flexibility index (Phi) is 1.36. The summed E-state index contributed by atoms with van der Waals surface area (Å²) in [5, 5.41) is 0.681. The minimum atomic E-state index is 0.681. The number of halogens is 1. The van der Waals surface area contributed by atoms with E-state index in [1.54, 1.807) is 6.20 Å². The number of H-pyrrole nitrogens is 1. The van der Waals surface area contributed by atoms with E-state index in [1.807, 2.05) is 19.2 Å². The van der Waals surface area contributed by atoms with E-state index in [0.29, 0.717) is 5.02 Å². The van der Waals surface area contributed by atoms with Gasteiger partial charge in [0.1, 0.15) is 5.52 Å². The van der Waals surface area contributed by atoms with Gasteiger partial charge in [0.15, 0.2) is 0 Å². The van der Waals surface area contributed by atoms with Crippen LogP contribution < -0.4 is 0 Å². The van der Waals surface area contributed by atoms with Crippen LogP contribution in [0.15, 0.2) is 18.5 Å². The first kappa shape index (κ1) is 6.68. The molecule has 0 unspecified atom stereocenters. The monoisotopic (exact) mass is 166 g/mol. The highest BCUT2D eigenvalue weighted by atomic mass is 35.5. The lowest BCUT2D eigenvalue weighted by molar-refractivity contribution is 1.33. The van der Waals surface area contributed by atoms with Crippen LogP contribution in [0.4, 0.5) is 0 Å². The Bertz CT molecular complexity index is 392. The quantitative estimate of drug-likeness (QED) is 0.640. The van der Waals surface area contributed by atoms with E-state index < -0.39 is 0 Å². The summed E-state index contributed by atoms with van der Waals surface area (Å²) in [5.41, 5.74) is 2.98. The first-order chi connectivity index (χ1) is 5.27. The van der Waals surface area contributed by atoms with E-state index in [4.69, 9.17) is 11.6 Å². The number of fused-ring (bicyclic) bond motifs is 1. The molecule has 0 spiro atoms. The summed E-state index contributed by atoms with van der Waals surface area (Å²) in [6, 6.07) is 2.02.